The highest BCUT2D eigenvalue weighted by Gasteiger charge is 2.31. The predicted octanol–water partition coefficient (Wildman–Crippen LogP) is 4.41. The van der Waals surface area contributed by atoms with E-state index in [0.717, 1.165) is 18.4 Å². The molecule has 0 spiro atoms. The molecule has 0 aliphatic heterocycles. The molecule has 1 aliphatic rings. The van der Waals surface area contributed by atoms with Gasteiger partial charge in [-0.3, -0.25) is 0 Å². The van der Waals surface area contributed by atoms with E-state index in [1.54, 1.807) is 0 Å². The highest BCUT2D eigenvalue weighted by molar-refractivity contribution is 5.67. The van der Waals surface area contributed by atoms with E-state index in [9.17, 15) is 4.79 Å². The highest BCUT2D eigenvalue weighted by atomic mass is 16.5. The van der Waals surface area contributed by atoms with Crippen LogP contribution < -0.4 is 10.6 Å². The summed E-state index contributed by atoms with van der Waals surface area (Å²) in [6.07, 6.45) is 1.55. The van der Waals surface area contributed by atoms with Gasteiger partial charge in [-0.1, -0.05) is 54.1 Å². The zero-order chi connectivity index (χ0) is 18.5. The van der Waals surface area contributed by atoms with Crippen molar-refractivity contribution in [3.63, 3.8) is 0 Å². The summed E-state index contributed by atoms with van der Waals surface area (Å²) in [7, 11) is 0. The number of rotatable bonds is 6. The molecule has 4 nitrogen and oxygen atoms in total. The normalized spacial score (nSPS) is 20.1. The first-order chi connectivity index (χ1) is 12.5. The Kier molecular flexibility index (Phi) is 5.94. The molecule has 0 heterocycles. The van der Waals surface area contributed by atoms with Gasteiger partial charge >= 0.3 is 6.09 Å². The van der Waals surface area contributed by atoms with Crippen LogP contribution in [-0.2, 0) is 11.3 Å². The first-order valence-corrected chi connectivity index (χ1v) is 9.31. The molecule has 4 heteroatoms. The van der Waals surface area contributed by atoms with Gasteiger partial charge in [-0.15, -0.1) is 0 Å². The number of aryl methyl sites for hydroxylation is 2. The summed E-state index contributed by atoms with van der Waals surface area (Å²) in [5.41, 5.74) is 4.95. The van der Waals surface area contributed by atoms with E-state index in [2.05, 4.69) is 49.6 Å². The van der Waals surface area contributed by atoms with Crippen LogP contribution in [0.5, 0.6) is 0 Å². The van der Waals surface area contributed by atoms with Crippen molar-refractivity contribution in [2.24, 2.45) is 0 Å². The van der Waals surface area contributed by atoms with Crippen LogP contribution in [0.1, 0.15) is 48.1 Å². The molecule has 0 radical (unpaired) electrons. The van der Waals surface area contributed by atoms with Gasteiger partial charge in [0.15, 0.2) is 0 Å². The molecule has 138 valence electrons. The van der Waals surface area contributed by atoms with Crippen molar-refractivity contribution in [1.29, 1.82) is 0 Å². The summed E-state index contributed by atoms with van der Waals surface area (Å²) in [5.74, 6) is 0. The monoisotopic (exact) mass is 352 g/mol. The van der Waals surface area contributed by atoms with E-state index in [1.807, 2.05) is 30.3 Å². The van der Waals surface area contributed by atoms with Gasteiger partial charge in [0.1, 0.15) is 6.61 Å². The zero-order valence-electron chi connectivity index (χ0n) is 15.8. The smallest absolute Gasteiger partial charge is 0.407 e. The van der Waals surface area contributed by atoms with Crippen molar-refractivity contribution in [2.75, 3.05) is 0 Å². The van der Waals surface area contributed by atoms with Crippen molar-refractivity contribution >= 4 is 6.09 Å². The minimum atomic E-state index is -0.334. The van der Waals surface area contributed by atoms with Gasteiger partial charge in [0.2, 0.25) is 0 Å². The fourth-order valence-corrected chi connectivity index (χ4v) is 3.56. The number of hydrogen-bond donors (Lipinski definition) is 2. The molecule has 1 unspecified atom stereocenters. The van der Waals surface area contributed by atoms with Crippen LogP contribution in [0, 0.1) is 13.8 Å². The van der Waals surface area contributed by atoms with Crippen LogP contribution in [0.25, 0.3) is 0 Å². The van der Waals surface area contributed by atoms with Crippen molar-refractivity contribution in [1.82, 2.24) is 10.6 Å². The maximum atomic E-state index is 11.9. The fraction of sp³-hybridized carbons (Fsp3) is 0.409. The lowest BCUT2D eigenvalue weighted by Crippen LogP contribution is -2.52. The number of benzene rings is 2. The van der Waals surface area contributed by atoms with Crippen molar-refractivity contribution in [2.45, 2.75) is 58.3 Å². The SMILES string of the molecule is Cc1ccc(C(C)NC2CC(NC(=O)OCc3ccccc3)C2)c(C)c1. The molecule has 1 saturated carbocycles. The Morgan fingerprint density at radius 2 is 1.85 bits per heavy atom. The van der Waals surface area contributed by atoms with Gasteiger partial charge in [0, 0.05) is 18.1 Å². The summed E-state index contributed by atoms with van der Waals surface area (Å²) in [5, 5.41) is 6.61. The summed E-state index contributed by atoms with van der Waals surface area (Å²) < 4.78 is 5.28. The Bertz CT molecular complexity index is 739. The molecule has 1 aliphatic carbocycles. The van der Waals surface area contributed by atoms with Gasteiger partial charge in [-0.25, -0.2) is 4.79 Å². The van der Waals surface area contributed by atoms with Crippen LogP contribution in [0.15, 0.2) is 48.5 Å². The number of nitrogens with one attached hydrogen (secondary N) is 2. The Morgan fingerprint density at radius 1 is 1.12 bits per heavy atom. The van der Waals surface area contributed by atoms with Gasteiger partial charge in [-0.2, -0.15) is 0 Å². The largest absolute Gasteiger partial charge is 0.445 e. The van der Waals surface area contributed by atoms with Crippen LogP contribution in [0.3, 0.4) is 0 Å². The standard InChI is InChI=1S/C22H28N2O2/c1-15-9-10-21(16(2)11-15)17(3)23-19-12-20(13-19)24-22(25)26-14-18-7-5-4-6-8-18/h4-11,17,19-20,23H,12-14H2,1-3H3,(H,24,25). The number of alkyl carbamates (subject to hydrolysis) is 1. The third kappa shape index (κ3) is 4.85. The lowest BCUT2D eigenvalue weighted by atomic mass is 9.85. The quantitative estimate of drug-likeness (QED) is 0.809. The number of amides is 1. The van der Waals surface area contributed by atoms with E-state index in [-0.39, 0.29) is 12.1 Å². The van der Waals surface area contributed by atoms with Gasteiger partial charge in [-0.05, 0) is 50.3 Å². The third-order valence-corrected chi connectivity index (χ3v) is 5.05. The van der Waals surface area contributed by atoms with Crippen molar-refractivity contribution < 1.29 is 9.53 Å². The van der Waals surface area contributed by atoms with Gasteiger partial charge < -0.3 is 15.4 Å². The van der Waals surface area contributed by atoms with E-state index in [4.69, 9.17) is 4.74 Å². The lowest BCUT2D eigenvalue weighted by molar-refractivity contribution is 0.124. The predicted molar refractivity (Wildman–Crippen MR) is 104 cm³/mol. The molecule has 2 aromatic rings. The van der Waals surface area contributed by atoms with Crippen LogP contribution in [0.2, 0.25) is 0 Å². The summed E-state index contributed by atoms with van der Waals surface area (Å²) in [4.78, 5) is 11.9. The number of hydrogen-bond acceptors (Lipinski definition) is 3. The minimum Gasteiger partial charge on any atom is -0.445 e. The lowest BCUT2D eigenvalue weighted by Gasteiger charge is -2.38. The number of ether oxygens (including phenoxy) is 1. The maximum Gasteiger partial charge on any atom is 0.407 e. The first-order valence-electron chi connectivity index (χ1n) is 9.31. The molecule has 2 N–H and O–H groups in total. The Hall–Kier alpha value is -2.33. The van der Waals surface area contributed by atoms with Crippen molar-refractivity contribution in [3.8, 4) is 0 Å². The molecule has 1 amide bonds. The molecule has 2 aromatic carbocycles. The Morgan fingerprint density at radius 3 is 2.54 bits per heavy atom. The van der Waals surface area contributed by atoms with E-state index in [1.165, 1.54) is 16.7 Å². The minimum absolute atomic E-state index is 0.196. The average Bonchev–Trinajstić information content (AvgIpc) is 2.59. The summed E-state index contributed by atoms with van der Waals surface area (Å²) in [6.45, 7) is 6.79. The van der Waals surface area contributed by atoms with Gasteiger partial charge in [0.05, 0.1) is 0 Å². The number of carbonyl (C=O) groups excluding carboxylic acids is 1. The Labute approximate surface area is 156 Å². The molecule has 1 atom stereocenters. The second-order valence-corrected chi connectivity index (χ2v) is 7.32. The molecular formula is C22H28N2O2. The van der Waals surface area contributed by atoms with Gasteiger partial charge in [0.25, 0.3) is 0 Å². The number of carbonyl (C=O) groups is 1. The zero-order valence-corrected chi connectivity index (χ0v) is 15.8. The molecule has 0 bridgehead atoms. The first kappa shape index (κ1) is 18.5. The molecule has 1 fully saturated rings. The van der Waals surface area contributed by atoms with Crippen molar-refractivity contribution in [3.05, 3.63) is 70.8 Å². The summed E-state index contributed by atoms with van der Waals surface area (Å²) >= 11 is 0. The Balaban J connectivity index is 1.38. The van der Waals surface area contributed by atoms with Crippen LogP contribution in [-0.4, -0.2) is 18.2 Å². The van der Waals surface area contributed by atoms with E-state index < -0.39 is 0 Å². The molecule has 3 rings (SSSR count). The highest BCUT2D eigenvalue weighted by Crippen LogP contribution is 2.25. The van der Waals surface area contributed by atoms with Crippen LogP contribution >= 0.6 is 0 Å². The maximum absolute atomic E-state index is 11.9. The van der Waals surface area contributed by atoms with Crippen LogP contribution in [0.4, 0.5) is 4.79 Å². The molecule has 0 saturated heterocycles. The third-order valence-electron chi connectivity index (χ3n) is 5.05. The van der Waals surface area contributed by atoms with E-state index >= 15 is 0 Å². The fourth-order valence-electron chi connectivity index (χ4n) is 3.56. The molecular weight excluding hydrogens is 324 g/mol. The second-order valence-electron chi connectivity index (χ2n) is 7.32. The summed E-state index contributed by atoms with van der Waals surface area (Å²) in [6, 6.07) is 17.3. The van der Waals surface area contributed by atoms with E-state index in [0.29, 0.717) is 18.7 Å². The second kappa shape index (κ2) is 8.37. The molecule has 0 aromatic heterocycles. The topological polar surface area (TPSA) is 50.4 Å². The molecule has 26 heavy (non-hydrogen) atoms. The average molecular weight is 352 g/mol.